The van der Waals surface area contributed by atoms with Gasteiger partial charge in [0.1, 0.15) is 17.3 Å². The van der Waals surface area contributed by atoms with Crippen LogP contribution in [0.3, 0.4) is 0 Å². The maximum absolute atomic E-state index is 12.2. The van der Waals surface area contributed by atoms with Crippen molar-refractivity contribution in [2.45, 2.75) is 20.4 Å². The van der Waals surface area contributed by atoms with Crippen LogP contribution in [0, 0.1) is 13.8 Å². The number of ether oxygens (including phenoxy) is 2. The fraction of sp³-hybridized carbons (Fsp3) is 0.238. The minimum Gasteiger partial charge on any atom is -0.497 e. The van der Waals surface area contributed by atoms with Crippen LogP contribution in [-0.2, 0) is 11.3 Å². The first kappa shape index (κ1) is 18.5. The van der Waals surface area contributed by atoms with Crippen LogP contribution in [0.4, 0.5) is 5.82 Å². The molecule has 140 valence electrons. The molecule has 0 radical (unpaired) electrons. The number of carbonyl (C=O) groups is 1. The Morgan fingerprint density at radius 1 is 1.04 bits per heavy atom. The summed E-state index contributed by atoms with van der Waals surface area (Å²) in [5.41, 5.74) is 3.38. The topological polar surface area (TPSA) is 65.4 Å². The molecule has 0 saturated heterocycles. The minimum atomic E-state index is -0.232. The highest BCUT2D eigenvalue weighted by Crippen LogP contribution is 2.17. The molecule has 0 aliphatic heterocycles. The average Bonchev–Trinajstić information content (AvgIpc) is 3.10. The molecule has 1 N–H and O–H groups in total. The second-order valence-corrected chi connectivity index (χ2v) is 6.31. The van der Waals surface area contributed by atoms with Crippen molar-refractivity contribution < 1.29 is 14.3 Å². The van der Waals surface area contributed by atoms with Crippen LogP contribution in [0.2, 0.25) is 0 Å². The van der Waals surface area contributed by atoms with Gasteiger partial charge in [0.2, 0.25) is 0 Å². The van der Waals surface area contributed by atoms with Crippen molar-refractivity contribution in [2.75, 3.05) is 19.0 Å². The Balaban J connectivity index is 1.58. The largest absolute Gasteiger partial charge is 0.497 e. The van der Waals surface area contributed by atoms with Gasteiger partial charge in [-0.1, -0.05) is 18.2 Å². The van der Waals surface area contributed by atoms with E-state index in [0.717, 1.165) is 16.9 Å². The Labute approximate surface area is 158 Å². The molecule has 2 aromatic carbocycles. The lowest BCUT2D eigenvalue weighted by molar-refractivity contribution is -0.118. The first-order valence-corrected chi connectivity index (χ1v) is 8.70. The highest BCUT2D eigenvalue weighted by atomic mass is 16.5. The number of aryl methyl sites for hydroxylation is 2. The number of nitrogens with zero attached hydrogens (tertiary/aromatic N) is 2. The molecule has 0 saturated carbocycles. The summed E-state index contributed by atoms with van der Waals surface area (Å²) in [6.45, 7) is 4.54. The van der Waals surface area contributed by atoms with Crippen LogP contribution >= 0.6 is 0 Å². The van der Waals surface area contributed by atoms with E-state index in [1.54, 1.807) is 24.1 Å². The van der Waals surface area contributed by atoms with Crippen molar-refractivity contribution in [1.29, 1.82) is 0 Å². The number of aromatic nitrogens is 2. The number of carbonyl (C=O) groups excluding carboxylic acids is 1. The molecule has 0 aliphatic carbocycles. The summed E-state index contributed by atoms with van der Waals surface area (Å²) in [5.74, 6) is 1.88. The molecule has 1 amide bonds. The minimum absolute atomic E-state index is 0.0593. The molecule has 27 heavy (non-hydrogen) atoms. The van der Waals surface area contributed by atoms with Gasteiger partial charge in [0.15, 0.2) is 6.61 Å². The smallest absolute Gasteiger partial charge is 0.263 e. The predicted molar refractivity (Wildman–Crippen MR) is 104 cm³/mol. The van der Waals surface area contributed by atoms with Gasteiger partial charge in [0.25, 0.3) is 5.91 Å². The molecule has 1 heterocycles. The zero-order chi connectivity index (χ0) is 19.2. The van der Waals surface area contributed by atoms with Crippen LogP contribution in [0.1, 0.15) is 16.7 Å². The Morgan fingerprint density at radius 2 is 1.78 bits per heavy atom. The summed E-state index contributed by atoms with van der Waals surface area (Å²) in [6, 6.07) is 15.3. The maximum atomic E-state index is 12.2. The lowest BCUT2D eigenvalue weighted by Crippen LogP contribution is -2.22. The first-order chi connectivity index (χ1) is 13.0. The lowest BCUT2D eigenvalue weighted by atomic mass is 10.1. The fourth-order valence-corrected chi connectivity index (χ4v) is 2.60. The molecule has 6 heteroatoms. The van der Waals surface area contributed by atoms with Crippen molar-refractivity contribution in [1.82, 2.24) is 9.78 Å². The van der Waals surface area contributed by atoms with Crippen LogP contribution in [0.25, 0.3) is 0 Å². The number of amides is 1. The van der Waals surface area contributed by atoms with E-state index in [2.05, 4.69) is 10.4 Å². The molecule has 6 nitrogen and oxygen atoms in total. The molecule has 1 aromatic heterocycles. The first-order valence-electron chi connectivity index (χ1n) is 8.70. The van der Waals surface area contributed by atoms with Gasteiger partial charge in [-0.2, -0.15) is 5.10 Å². The molecular formula is C21H23N3O3. The van der Waals surface area contributed by atoms with Crippen LogP contribution in [-0.4, -0.2) is 29.4 Å². The van der Waals surface area contributed by atoms with Gasteiger partial charge in [0.05, 0.1) is 19.9 Å². The van der Waals surface area contributed by atoms with Gasteiger partial charge in [-0.15, -0.1) is 0 Å². The maximum Gasteiger partial charge on any atom is 0.263 e. The number of rotatable bonds is 7. The number of methoxy groups -OCH3 is 1. The zero-order valence-electron chi connectivity index (χ0n) is 15.7. The number of hydrogen-bond acceptors (Lipinski definition) is 4. The third kappa shape index (κ3) is 4.88. The van der Waals surface area contributed by atoms with Gasteiger partial charge in [-0.3, -0.25) is 4.79 Å². The Bertz CT molecular complexity index is 917. The lowest BCUT2D eigenvalue weighted by Gasteiger charge is -2.11. The summed E-state index contributed by atoms with van der Waals surface area (Å²) in [7, 11) is 1.64. The number of anilines is 1. The van der Waals surface area contributed by atoms with E-state index >= 15 is 0 Å². The van der Waals surface area contributed by atoms with Crippen molar-refractivity contribution in [2.24, 2.45) is 0 Å². The van der Waals surface area contributed by atoms with E-state index in [4.69, 9.17) is 9.47 Å². The second kappa shape index (κ2) is 8.40. The monoisotopic (exact) mass is 365 g/mol. The SMILES string of the molecule is COc1ccc(Cn2nccc2NC(=O)COc2ccc(C)c(C)c2)cc1. The van der Waals surface area contributed by atoms with Crippen molar-refractivity contribution >= 4 is 11.7 Å². The molecule has 0 aliphatic rings. The summed E-state index contributed by atoms with van der Waals surface area (Å²) in [5, 5.41) is 7.12. The number of benzene rings is 2. The van der Waals surface area contributed by atoms with Gasteiger partial charge < -0.3 is 14.8 Å². The average molecular weight is 365 g/mol. The van der Waals surface area contributed by atoms with Crippen molar-refractivity contribution in [3.8, 4) is 11.5 Å². The quantitative estimate of drug-likeness (QED) is 0.695. The molecule has 0 bridgehead atoms. The predicted octanol–water partition coefficient (Wildman–Crippen LogP) is 3.57. The second-order valence-electron chi connectivity index (χ2n) is 6.31. The van der Waals surface area contributed by atoms with Gasteiger partial charge >= 0.3 is 0 Å². The molecule has 3 rings (SSSR count). The van der Waals surface area contributed by atoms with Crippen LogP contribution in [0.5, 0.6) is 11.5 Å². The molecular weight excluding hydrogens is 342 g/mol. The normalized spacial score (nSPS) is 10.5. The van der Waals surface area contributed by atoms with Crippen molar-refractivity contribution in [3.05, 3.63) is 71.4 Å². The van der Waals surface area contributed by atoms with Crippen LogP contribution in [0.15, 0.2) is 54.7 Å². The highest BCUT2D eigenvalue weighted by Gasteiger charge is 2.09. The summed E-state index contributed by atoms with van der Waals surface area (Å²) >= 11 is 0. The molecule has 0 atom stereocenters. The fourth-order valence-electron chi connectivity index (χ4n) is 2.60. The van der Waals surface area contributed by atoms with Crippen LogP contribution < -0.4 is 14.8 Å². The standard InChI is InChI=1S/C21H23N3O3/c1-15-4-7-19(12-16(15)2)27-14-21(25)23-20-10-11-22-24(20)13-17-5-8-18(26-3)9-6-17/h4-12H,13-14H2,1-3H3,(H,23,25). The number of hydrogen-bond donors (Lipinski definition) is 1. The number of nitrogens with one attached hydrogen (secondary N) is 1. The van der Waals surface area contributed by atoms with E-state index in [1.807, 2.05) is 56.3 Å². The van der Waals surface area contributed by atoms with Crippen molar-refractivity contribution in [3.63, 3.8) is 0 Å². The van der Waals surface area contributed by atoms with E-state index < -0.39 is 0 Å². The Hall–Kier alpha value is -3.28. The summed E-state index contributed by atoms with van der Waals surface area (Å²) in [6.07, 6.45) is 1.66. The molecule has 0 spiro atoms. The Morgan fingerprint density at radius 3 is 2.48 bits per heavy atom. The zero-order valence-corrected chi connectivity index (χ0v) is 15.7. The summed E-state index contributed by atoms with van der Waals surface area (Å²) < 4.78 is 12.5. The van der Waals surface area contributed by atoms with Gasteiger partial charge in [-0.05, 0) is 54.8 Å². The molecule has 0 unspecified atom stereocenters. The highest BCUT2D eigenvalue weighted by molar-refractivity contribution is 5.91. The molecule has 0 fully saturated rings. The van der Waals surface area contributed by atoms with E-state index in [1.165, 1.54) is 5.56 Å². The van der Waals surface area contributed by atoms with Gasteiger partial charge in [0, 0.05) is 6.07 Å². The van der Waals surface area contributed by atoms with E-state index in [0.29, 0.717) is 18.1 Å². The summed E-state index contributed by atoms with van der Waals surface area (Å²) in [4.78, 5) is 12.2. The van der Waals surface area contributed by atoms with E-state index in [9.17, 15) is 4.79 Å². The van der Waals surface area contributed by atoms with Gasteiger partial charge in [-0.25, -0.2) is 4.68 Å². The third-order valence-corrected chi connectivity index (χ3v) is 4.32. The third-order valence-electron chi connectivity index (χ3n) is 4.32. The molecule has 3 aromatic rings. The Kier molecular flexibility index (Phi) is 5.76. The van der Waals surface area contributed by atoms with E-state index in [-0.39, 0.29) is 12.5 Å².